The fourth-order valence-corrected chi connectivity index (χ4v) is 4.78. The van der Waals surface area contributed by atoms with Crippen LogP contribution in [-0.2, 0) is 10.0 Å². The molecular weight excluding hydrogens is 260 g/mol. The molecule has 2 aliphatic rings. The maximum atomic E-state index is 12.1. The van der Waals surface area contributed by atoms with Crippen LogP contribution in [0.5, 0.6) is 0 Å². The van der Waals surface area contributed by atoms with Gasteiger partial charge in [0.15, 0.2) is 0 Å². The van der Waals surface area contributed by atoms with Gasteiger partial charge in [-0.1, -0.05) is 12.8 Å². The summed E-state index contributed by atoms with van der Waals surface area (Å²) in [6, 6.07) is 0. The summed E-state index contributed by atoms with van der Waals surface area (Å²) < 4.78 is 25.9. The highest BCUT2D eigenvalue weighted by molar-refractivity contribution is 7.89. The number of halogens is 1. The van der Waals surface area contributed by atoms with E-state index in [9.17, 15) is 8.42 Å². The molecule has 0 aromatic rings. The number of hydrogen-bond donors (Lipinski definition) is 1. The van der Waals surface area contributed by atoms with Gasteiger partial charge in [0.05, 0.1) is 5.75 Å². The molecule has 102 valence electrons. The van der Waals surface area contributed by atoms with Crippen molar-refractivity contribution in [2.24, 2.45) is 17.6 Å². The van der Waals surface area contributed by atoms with Crippen molar-refractivity contribution >= 4 is 22.4 Å². The van der Waals surface area contributed by atoms with E-state index in [1.165, 1.54) is 12.8 Å². The van der Waals surface area contributed by atoms with E-state index >= 15 is 0 Å². The number of nitrogens with two attached hydrogens (primary N) is 1. The smallest absolute Gasteiger partial charge is 0.214 e. The Bertz CT molecular complexity index is 328. The van der Waals surface area contributed by atoms with E-state index in [4.69, 9.17) is 5.73 Å². The molecule has 0 amide bonds. The van der Waals surface area contributed by atoms with Gasteiger partial charge in [0.2, 0.25) is 10.0 Å². The lowest BCUT2D eigenvalue weighted by molar-refractivity contribution is 0.448. The first kappa shape index (κ1) is 15.2. The van der Waals surface area contributed by atoms with Gasteiger partial charge in [-0.3, -0.25) is 0 Å². The molecule has 1 saturated heterocycles. The van der Waals surface area contributed by atoms with Gasteiger partial charge in [0.1, 0.15) is 0 Å². The van der Waals surface area contributed by atoms with Crippen LogP contribution in [0.4, 0.5) is 0 Å². The third-order valence-electron chi connectivity index (χ3n) is 3.90. The lowest BCUT2D eigenvalue weighted by Crippen LogP contribution is -2.33. The highest BCUT2D eigenvalue weighted by atomic mass is 35.5. The first-order valence-corrected chi connectivity index (χ1v) is 7.90. The van der Waals surface area contributed by atoms with Gasteiger partial charge in [0.25, 0.3) is 0 Å². The van der Waals surface area contributed by atoms with Gasteiger partial charge >= 0.3 is 0 Å². The van der Waals surface area contributed by atoms with E-state index in [1.54, 1.807) is 4.31 Å². The van der Waals surface area contributed by atoms with E-state index < -0.39 is 10.0 Å². The molecule has 0 aromatic heterocycles. The SMILES string of the molecule is Cl.NCC1CCN(S(=O)(=O)CC2CCCC2)C1. The Morgan fingerprint density at radius 3 is 2.29 bits per heavy atom. The first-order valence-electron chi connectivity index (χ1n) is 6.29. The van der Waals surface area contributed by atoms with Gasteiger partial charge in [-0.2, -0.15) is 0 Å². The van der Waals surface area contributed by atoms with E-state index in [1.807, 2.05) is 0 Å². The van der Waals surface area contributed by atoms with Crippen LogP contribution in [0, 0.1) is 11.8 Å². The van der Waals surface area contributed by atoms with Gasteiger partial charge in [-0.15, -0.1) is 12.4 Å². The summed E-state index contributed by atoms with van der Waals surface area (Å²) in [4.78, 5) is 0. The minimum absolute atomic E-state index is 0. The molecule has 2 rings (SSSR count). The van der Waals surface area contributed by atoms with E-state index in [2.05, 4.69) is 0 Å². The summed E-state index contributed by atoms with van der Waals surface area (Å²) in [5.41, 5.74) is 5.58. The Balaban J connectivity index is 0.00000144. The molecule has 2 fully saturated rings. The third kappa shape index (κ3) is 3.81. The van der Waals surface area contributed by atoms with Crippen LogP contribution in [-0.4, -0.2) is 38.1 Å². The number of hydrogen-bond acceptors (Lipinski definition) is 3. The molecule has 1 heterocycles. The Kier molecular flexibility index (Phi) is 5.70. The molecular formula is C11H23ClN2O2S. The van der Waals surface area contributed by atoms with Crippen LogP contribution in [0.2, 0.25) is 0 Å². The Labute approximate surface area is 110 Å². The molecule has 0 bridgehead atoms. The van der Waals surface area contributed by atoms with Crippen LogP contribution < -0.4 is 5.73 Å². The zero-order valence-corrected chi connectivity index (χ0v) is 11.8. The van der Waals surface area contributed by atoms with Crippen molar-refractivity contribution in [1.82, 2.24) is 4.31 Å². The van der Waals surface area contributed by atoms with E-state index in [0.717, 1.165) is 19.3 Å². The molecule has 2 N–H and O–H groups in total. The third-order valence-corrected chi connectivity index (χ3v) is 5.91. The Morgan fingerprint density at radius 2 is 1.76 bits per heavy atom. The molecule has 0 aromatic carbocycles. The molecule has 1 atom stereocenters. The van der Waals surface area contributed by atoms with Crippen molar-refractivity contribution < 1.29 is 8.42 Å². The Hall–Kier alpha value is 0.160. The normalized spacial score (nSPS) is 27.2. The lowest BCUT2D eigenvalue weighted by Gasteiger charge is -2.18. The molecule has 0 radical (unpaired) electrons. The highest BCUT2D eigenvalue weighted by Gasteiger charge is 2.32. The molecule has 6 heteroatoms. The summed E-state index contributed by atoms with van der Waals surface area (Å²) in [6.45, 7) is 1.93. The van der Waals surface area contributed by atoms with Crippen LogP contribution in [0.1, 0.15) is 32.1 Å². The largest absolute Gasteiger partial charge is 0.330 e. The quantitative estimate of drug-likeness (QED) is 0.843. The van der Waals surface area contributed by atoms with Gasteiger partial charge < -0.3 is 5.73 Å². The zero-order valence-electron chi connectivity index (χ0n) is 10.2. The topological polar surface area (TPSA) is 63.4 Å². The van der Waals surface area contributed by atoms with Crippen molar-refractivity contribution in [2.75, 3.05) is 25.4 Å². The fourth-order valence-electron chi connectivity index (χ4n) is 2.82. The van der Waals surface area contributed by atoms with Crippen LogP contribution in [0.3, 0.4) is 0 Å². The molecule has 0 spiro atoms. The fraction of sp³-hybridized carbons (Fsp3) is 1.00. The molecule has 4 nitrogen and oxygen atoms in total. The van der Waals surface area contributed by atoms with Crippen molar-refractivity contribution in [3.8, 4) is 0 Å². The van der Waals surface area contributed by atoms with Crippen LogP contribution >= 0.6 is 12.4 Å². The van der Waals surface area contributed by atoms with Gasteiger partial charge in [-0.05, 0) is 37.6 Å². The molecule has 1 saturated carbocycles. The molecule has 1 aliphatic heterocycles. The minimum atomic E-state index is -3.01. The standard InChI is InChI=1S/C11H22N2O2S.ClH/c12-7-11-5-6-13(8-11)16(14,15)9-10-3-1-2-4-10;/h10-11H,1-9,12H2;1H. The van der Waals surface area contributed by atoms with Gasteiger partial charge in [0, 0.05) is 13.1 Å². The summed E-state index contributed by atoms with van der Waals surface area (Å²) >= 11 is 0. The summed E-state index contributed by atoms with van der Waals surface area (Å²) in [5.74, 6) is 1.14. The minimum Gasteiger partial charge on any atom is -0.330 e. The monoisotopic (exact) mass is 282 g/mol. The summed E-state index contributed by atoms with van der Waals surface area (Å²) in [6.07, 6.45) is 5.51. The number of rotatable bonds is 4. The second-order valence-corrected chi connectivity index (χ2v) is 7.19. The average molecular weight is 283 g/mol. The highest BCUT2D eigenvalue weighted by Crippen LogP contribution is 2.28. The number of nitrogens with zero attached hydrogens (tertiary/aromatic N) is 1. The summed E-state index contributed by atoms with van der Waals surface area (Å²) in [7, 11) is -3.01. The molecule has 17 heavy (non-hydrogen) atoms. The predicted octanol–water partition coefficient (Wildman–Crippen LogP) is 1.21. The second kappa shape index (κ2) is 6.36. The van der Waals surface area contributed by atoms with Crippen molar-refractivity contribution in [2.45, 2.75) is 32.1 Å². The van der Waals surface area contributed by atoms with Gasteiger partial charge in [-0.25, -0.2) is 12.7 Å². The van der Waals surface area contributed by atoms with Crippen LogP contribution in [0.25, 0.3) is 0 Å². The lowest BCUT2D eigenvalue weighted by atomic mass is 10.1. The average Bonchev–Trinajstić information content (AvgIpc) is 2.85. The maximum Gasteiger partial charge on any atom is 0.214 e. The van der Waals surface area contributed by atoms with Crippen molar-refractivity contribution in [3.63, 3.8) is 0 Å². The van der Waals surface area contributed by atoms with E-state index in [0.29, 0.717) is 37.2 Å². The first-order chi connectivity index (χ1) is 7.62. The molecule has 1 aliphatic carbocycles. The van der Waals surface area contributed by atoms with Crippen LogP contribution in [0.15, 0.2) is 0 Å². The van der Waals surface area contributed by atoms with E-state index in [-0.39, 0.29) is 12.4 Å². The molecule has 1 unspecified atom stereocenters. The Morgan fingerprint density at radius 1 is 1.12 bits per heavy atom. The van der Waals surface area contributed by atoms with Crippen molar-refractivity contribution in [1.29, 1.82) is 0 Å². The predicted molar refractivity (Wildman–Crippen MR) is 71.7 cm³/mol. The second-order valence-electron chi connectivity index (χ2n) is 5.18. The van der Waals surface area contributed by atoms with Crippen molar-refractivity contribution in [3.05, 3.63) is 0 Å². The number of sulfonamides is 1. The maximum absolute atomic E-state index is 12.1. The summed E-state index contributed by atoms with van der Waals surface area (Å²) in [5, 5.41) is 0. The zero-order chi connectivity index (χ0) is 11.6.